The first kappa shape index (κ1) is 29.7. The molecule has 5 rings (SSSR count). The van der Waals surface area contributed by atoms with Crippen LogP contribution in [0.2, 0.25) is 0 Å². The van der Waals surface area contributed by atoms with Crippen LogP contribution in [0.5, 0.6) is 5.88 Å². The van der Waals surface area contributed by atoms with Crippen LogP contribution < -0.4 is 10.1 Å². The normalized spacial score (nSPS) is 17.5. The average Bonchev–Trinajstić information content (AvgIpc) is 3.38. The van der Waals surface area contributed by atoms with Crippen molar-refractivity contribution in [3.63, 3.8) is 0 Å². The highest BCUT2D eigenvalue weighted by molar-refractivity contribution is 6.56. The van der Waals surface area contributed by atoms with Crippen molar-refractivity contribution >= 4 is 19.3 Å². The summed E-state index contributed by atoms with van der Waals surface area (Å²) in [6.45, 7) is 7.47. The molecule has 0 radical (unpaired) electrons. The lowest BCUT2D eigenvalue weighted by molar-refractivity contribution is -0.139. The number of pyridine rings is 1. The van der Waals surface area contributed by atoms with Gasteiger partial charge in [-0.3, -0.25) is 0 Å². The summed E-state index contributed by atoms with van der Waals surface area (Å²) in [5.74, 6) is -0.652. The van der Waals surface area contributed by atoms with Gasteiger partial charge in [-0.2, -0.15) is 13.2 Å². The molecule has 0 bridgehead atoms. The van der Waals surface area contributed by atoms with Crippen LogP contribution in [0, 0.1) is 0 Å². The van der Waals surface area contributed by atoms with Crippen molar-refractivity contribution in [1.82, 2.24) is 10.3 Å². The first-order valence-corrected chi connectivity index (χ1v) is 13.6. The smallest absolute Gasteiger partial charge is 0.481 e. The summed E-state index contributed by atoms with van der Waals surface area (Å²) in [4.78, 5) is 16.7. The third-order valence-corrected chi connectivity index (χ3v) is 8.06. The lowest BCUT2D eigenvalue weighted by Crippen LogP contribution is -2.41. The number of alkyl halides is 3. The fraction of sp³-hybridized carbons (Fsp3) is 0.355. The fourth-order valence-electron chi connectivity index (χ4n) is 5.15. The highest BCUT2D eigenvalue weighted by Crippen LogP contribution is 2.44. The van der Waals surface area contributed by atoms with Crippen LogP contribution in [-0.4, -0.2) is 49.7 Å². The minimum atomic E-state index is -4.67. The molecule has 0 unspecified atom stereocenters. The number of alkyl carbamates (subject to hydrolysis) is 1. The lowest BCUT2D eigenvalue weighted by atomic mass is 9.77. The molecule has 1 aromatic heterocycles. The largest absolute Gasteiger partial charge is 0.492 e. The molecule has 7 nitrogen and oxygen atoms in total. The molecule has 2 heterocycles. The summed E-state index contributed by atoms with van der Waals surface area (Å²) in [7, 11) is 0.196. The molecule has 1 saturated heterocycles. The van der Waals surface area contributed by atoms with Crippen LogP contribution in [-0.2, 0) is 20.2 Å². The topological polar surface area (TPSA) is 78.9 Å². The standard InChI is InChI=1S/C31H32BF3N2O5/c1-29(2)30(3,4)42-32(41-29)20(14-19-15-26(31(33,34)35)27(39-5)36-16-19)17-37-28(38)40-18-25-23-12-8-6-10-21(23)22-11-7-9-13-24(22)25/h6-16,25H,17-18H2,1-5H3,(H,37,38). The van der Waals surface area contributed by atoms with E-state index in [-0.39, 0.29) is 24.6 Å². The summed E-state index contributed by atoms with van der Waals surface area (Å²) in [5, 5.41) is 2.72. The number of rotatable bonds is 7. The highest BCUT2D eigenvalue weighted by Gasteiger charge is 2.52. The number of hydrogen-bond acceptors (Lipinski definition) is 6. The van der Waals surface area contributed by atoms with E-state index in [1.54, 1.807) is 0 Å². The second kappa shape index (κ2) is 11.1. The second-order valence-electron chi connectivity index (χ2n) is 11.3. The predicted molar refractivity (Wildman–Crippen MR) is 153 cm³/mol. The number of nitrogens with zero attached hydrogens (tertiary/aromatic N) is 1. The Hall–Kier alpha value is -3.83. The Labute approximate surface area is 243 Å². The number of aromatic nitrogens is 1. The molecular formula is C31H32BF3N2O5. The van der Waals surface area contributed by atoms with E-state index in [0.717, 1.165) is 35.4 Å². The van der Waals surface area contributed by atoms with Gasteiger partial charge < -0.3 is 24.1 Å². The number of hydrogen-bond donors (Lipinski definition) is 1. The van der Waals surface area contributed by atoms with Gasteiger partial charge in [0.2, 0.25) is 5.88 Å². The van der Waals surface area contributed by atoms with Crippen LogP contribution >= 0.6 is 0 Å². The van der Waals surface area contributed by atoms with Crippen molar-refractivity contribution in [2.45, 2.75) is 51.0 Å². The maximum atomic E-state index is 13.6. The zero-order chi connectivity index (χ0) is 30.3. The SMILES string of the molecule is COc1ncc(C=C(CNC(=O)OCC2c3ccccc3-c3ccccc32)B2OC(C)(C)C(C)(C)O2)cc1C(F)(F)F. The van der Waals surface area contributed by atoms with E-state index in [2.05, 4.69) is 10.3 Å². The number of ether oxygens (including phenoxy) is 2. The van der Waals surface area contributed by atoms with Gasteiger partial charge in [0.15, 0.2) is 0 Å². The Kier molecular flexibility index (Phi) is 7.85. The first-order valence-electron chi connectivity index (χ1n) is 13.6. The van der Waals surface area contributed by atoms with Crippen LogP contribution in [0.25, 0.3) is 17.2 Å². The van der Waals surface area contributed by atoms with Gasteiger partial charge in [0.25, 0.3) is 0 Å². The predicted octanol–water partition coefficient (Wildman–Crippen LogP) is 6.66. The molecule has 1 aliphatic heterocycles. The maximum absolute atomic E-state index is 13.6. The molecule has 0 atom stereocenters. The number of nitrogens with one attached hydrogen (secondary N) is 1. The molecule has 1 aliphatic carbocycles. The Morgan fingerprint density at radius 2 is 1.60 bits per heavy atom. The first-order chi connectivity index (χ1) is 19.8. The minimum Gasteiger partial charge on any atom is -0.481 e. The molecule has 1 amide bonds. The monoisotopic (exact) mass is 580 g/mol. The molecule has 2 aliphatic rings. The van der Waals surface area contributed by atoms with E-state index in [0.29, 0.717) is 5.47 Å². The number of benzene rings is 2. The van der Waals surface area contributed by atoms with Gasteiger partial charge in [-0.25, -0.2) is 9.78 Å². The van der Waals surface area contributed by atoms with Gasteiger partial charge in [0.05, 0.1) is 18.3 Å². The Bertz CT molecular complexity index is 1460. The Morgan fingerprint density at radius 1 is 1.02 bits per heavy atom. The van der Waals surface area contributed by atoms with Gasteiger partial charge in [0.1, 0.15) is 12.2 Å². The van der Waals surface area contributed by atoms with Crippen LogP contribution in [0.3, 0.4) is 0 Å². The lowest BCUT2D eigenvalue weighted by Gasteiger charge is -2.32. The summed E-state index contributed by atoms with van der Waals surface area (Å²) in [5.41, 5.74) is 2.47. The molecule has 0 saturated carbocycles. The molecule has 42 heavy (non-hydrogen) atoms. The molecule has 1 N–H and O–H groups in total. The number of carbonyl (C=O) groups excluding carboxylic acids is 1. The second-order valence-corrected chi connectivity index (χ2v) is 11.3. The van der Waals surface area contributed by atoms with Crippen molar-refractivity contribution in [1.29, 1.82) is 0 Å². The molecule has 11 heteroatoms. The molecule has 0 spiro atoms. The summed E-state index contributed by atoms with van der Waals surface area (Å²) in [6, 6.07) is 17.0. The molecule has 3 aromatic rings. The van der Waals surface area contributed by atoms with E-state index < -0.39 is 42.0 Å². The van der Waals surface area contributed by atoms with Gasteiger partial charge >= 0.3 is 19.4 Å². The van der Waals surface area contributed by atoms with Crippen molar-refractivity contribution in [2.24, 2.45) is 0 Å². The number of fused-ring (bicyclic) bond motifs is 3. The number of carbonyl (C=O) groups is 1. The number of halogens is 3. The molecule has 1 fully saturated rings. The number of methoxy groups -OCH3 is 1. The molecule has 2 aromatic carbocycles. The van der Waals surface area contributed by atoms with Crippen LogP contribution in [0.4, 0.5) is 18.0 Å². The van der Waals surface area contributed by atoms with Crippen LogP contribution in [0.1, 0.15) is 55.9 Å². The van der Waals surface area contributed by atoms with Gasteiger partial charge in [-0.1, -0.05) is 54.6 Å². The summed E-state index contributed by atoms with van der Waals surface area (Å²) >= 11 is 0. The van der Waals surface area contributed by atoms with Crippen molar-refractivity contribution < 1.29 is 36.7 Å². The summed E-state index contributed by atoms with van der Waals surface area (Å²) < 4.78 is 63.7. The van der Waals surface area contributed by atoms with Crippen LogP contribution in [0.15, 0.2) is 66.3 Å². The fourth-order valence-corrected chi connectivity index (χ4v) is 5.15. The minimum absolute atomic E-state index is 0.0963. The quantitative estimate of drug-likeness (QED) is 0.315. The van der Waals surface area contributed by atoms with Crippen molar-refractivity contribution in [3.8, 4) is 17.0 Å². The third kappa shape index (κ3) is 5.76. The van der Waals surface area contributed by atoms with Gasteiger partial charge in [-0.15, -0.1) is 0 Å². The van der Waals surface area contributed by atoms with E-state index >= 15 is 0 Å². The van der Waals surface area contributed by atoms with E-state index in [4.69, 9.17) is 18.8 Å². The van der Waals surface area contributed by atoms with Crippen molar-refractivity contribution in [3.05, 3.63) is 88.5 Å². The average molecular weight is 580 g/mol. The van der Waals surface area contributed by atoms with Crippen molar-refractivity contribution in [2.75, 3.05) is 20.3 Å². The van der Waals surface area contributed by atoms with Gasteiger partial charge in [-0.05, 0) is 67.1 Å². The van der Waals surface area contributed by atoms with E-state index in [1.807, 2.05) is 76.2 Å². The van der Waals surface area contributed by atoms with E-state index in [9.17, 15) is 18.0 Å². The third-order valence-electron chi connectivity index (χ3n) is 8.06. The van der Waals surface area contributed by atoms with E-state index in [1.165, 1.54) is 12.3 Å². The highest BCUT2D eigenvalue weighted by atomic mass is 19.4. The zero-order valence-electron chi connectivity index (χ0n) is 24.0. The Morgan fingerprint density at radius 3 is 2.14 bits per heavy atom. The zero-order valence-corrected chi connectivity index (χ0v) is 24.0. The molecule has 220 valence electrons. The molecular weight excluding hydrogens is 548 g/mol. The van der Waals surface area contributed by atoms with Gasteiger partial charge in [0, 0.05) is 18.7 Å². The number of amides is 1. The maximum Gasteiger partial charge on any atom is 0.492 e. The Balaban J connectivity index is 1.35. The summed E-state index contributed by atoms with van der Waals surface area (Å²) in [6.07, 6.45) is -2.63.